The third-order valence-electron chi connectivity index (χ3n) is 1.19. The molecule has 0 spiro atoms. The molecule has 0 saturated carbocycles. The van der Waals surface area contributed by atoms with Crippen LogP contribution in [-0.2, 0) is 11.1 Å². The SMILES string of the molecule is O=PNCc1ccccc1. The van der Waals surface area contributed by atoms with E-state index in [2.05, 4.69) is 5.09 Å². The minimum absolute atomic E-state index is 0.0101. The van der Waals surface area contributed by atoms with E-state index in [9.17, 15) is 4.57 Å². The van der Waals surface area contributed by atoms with E-state index in [0.717, 1.165) is 5.56 Å². The Morgan fingerprint density at radius 2 is 2.00 bits per heavy atom. The van der Waals surface area contributed by atoms with E-state index in [1.54, 1.807) is 0 Å². The Kier molecular flexibility index (Phi) is 3.07. The number of nitrogens with one attached hydrogen (secondary N) is 1. The molecule has 0 amide bonds. The van der Waals surface area contributed by atoms with Gasteiger partial charge in [-0.15, -0.1) is 0 Å². The standard InChI is InChI=1S/C7H8NOP/c9-10-8-6-7-4-2-1-3-5-7/h1-5H,6H2,(H,8,9). The summed E-state index contributed by atoms with van der Waals surface area (Å²) in [6.07, 6.45) is 0. The van der Waals surface area contributed by atoms with Crippen molar-refractivity contribution in [1.82, 2.24) is 5.09 Å². The fourth-order valence-corrected chi connectivity index (χ4v) is 0.967. The molecule has 10 heavy (non-hydrogen) atoms. The van der Waals surface area contributed by atoms with Gasteiger partial charge in [0.1, 0.15) is 0 Å². The normalized spacial score (nSPS) is 10.0. The minimum atomic E-state index is -0.0101. The van der Waals surface area contributed by atoms with Gasteiger partial charge in [-0.3, -0.25) is 4.57 Å². The molecular weight excluding hydrogens is 145 g/mol. The van der Waals surface area contributed by atoms with Crippen molar-refractivity contribution in [2.75, 3.05) is 0 Å². The van der Waals surface area contributed by atoms with Crippen molar-refractivity contribution in [3.8, 4) is 0 Å². The Labute approximate surface area is 61.5 Å². The number of hydrogen-bond donors (Lipinski definition) is 1. The summed E-state index contributed by atoms with van der Waals surface area (Å²) in [4.78, 5) is 0. The second-order valence-electron chi connectivity index (χ2n) is 1.91. The summed E-state index contributed by atoms with van der Waals surface area (Å²) in [6, 6.07) is 9.84. The highest BCUT2D eigenvalue weighted by Crippen LogP contribution is 1.98. The van der Waals surface area contributed by atoms with Crippen LogP contribution in [0.15, 0.2) is 30.3 Å². The van der Waals surface area contributed by atoms with Crippen LogP contribution >= 0.6 is 8.61 Å². The second kappa shape index (κ2) is 4.15. The average Bonchev–Trinajstić information content (AvgIpc) is 2.03. The summed E-state index contributed by atoms with van der Waals surface area (Å²) < 4.78 is 9.96. The van der Waals surface area contributed by atoms with Crippen molar-refractivity contribution < 1.29 is 4.57 Å². The van der Waals surface area contributed by atoms with Gasteiger partial charge in [-0.1, -0.05) is 30.3 Å². The van der Waals surface area contributed by atoms with E-state index in [0.29, 0.717) is 6.54 Å². The van der Waals surface area contributed by atoms with E-state index in [4.69, 9.17) is 0 Å². The first-order valence-corrected chi connectivity index (χ1v) is 3.84. The van der Waals surface area contributed by atoms with Gasteiger partial charge >= 0.3 is 0 Å². The molecule has 3 heteroatoms. The number of benzene rings is 1. The summed E-state index contributed by atoms with van der Waals surface area (Å²) in [5.41, 5.74) is 1.14. The molecule has 1 aromatic carbocycles. The van der Waals surface area contributed by atoms with E-state index in [1.165, 1.54) is 0 Å². The van der Waals surface area contributed by atoms with Crippen molar-refractivity contribution in [1.29, 1.82) is 0 Å². The van der Waals surface area contributed by atoms with Crippen LogP contribution in [0, 0.1) is 0 Å². The van der Waals surface area contributed by atoms with Crippen LogP contribution in [0.2, 0.25) is 0 Å². The van der Waals surface area contributed by atoms with E-state index in [1.807, 2.05) is 30.3 Å². The van der Waals surface area contributed by atoms with Crippen molar-refractivity contribution in [3.63, 3.8) is 0 Å². The average molecular weight is 153 g/mol. The molecule has 0 heterocycles. The smallest absolute Gasteiger partial charge is 0.246 e. The predicted octanol–water partition coefficient (Wildman–Crippen LogP) is 1.98. The monoisotopic (exact) mass is 153 g/mol. The Hall–Kier alpha value is -0.720. The van der Waals surface area contributed by atoms with Crippen LogP contribution < -0.4 is 5.09 Å². The first-order valence-electron chi connectivity index (χ1n) is 3.02. The highest BCUT2D eigenvalue weighted by Gasteiger charge is 1.86. The molecular formula is C7H8NOP. The van der Waals surface area contributed by atoms with Crippen LogP contribution in [0.4, 0.5) is 0 Å². The van der Waals surface area contributed by atoms with E-state index < -0.39 is 0 Å². The minimum Gasteiger partial charge on any atom is -0.256 e. The van der Waals surface area contributed by atoms with Crippen molar-refractivity contribution >= 4 is 8.61 Å². The highest BCUT2D eigenvalue weighted by molar-refractivity contribution is 7.21. The molecule has 0 fully saturated rings. The molecule has 0 aromatic heterocycles. The molecule has 0 saturated heterocycles. The molecule has 0 bridgehead atoms. The quantitative estimate of drug-likeness (QED) is 0.672. The maximum Gasteiger partial charge on any atom is 0.246 e. The molecule has 1 rings (SSSR count). The van der Waals surface area contributed by atoms with Gasteiger partial charge in [-0.25, -0.2) is 5.09 Å². The predicted molar refractivity (Wildman–Crippen MR) is 40.9 cm³/mol. The number of hydrogen-bond acceptors (Lipinski definition) is 1. The van der Waals surface area contributed by atoms with Gasteiger partial charge in [0.25, 0.3) is 0 Å². The van der Waals surface area contributed by atoms with Gasteiger partial charge < -0.3 is 0 Å². The van der Waals surface area contributed by atoms with Gasteiger partial charge in [0.15, 0.2) is 0 Å². The fourth-order valence-electron chi connectivity index (χ4n) is 0.719. The van der Waals surface area contributed by atoms with E-state index in [-0.39, 0.29) is 8.61 Å². The van der Waals surface area contributed by atoms with Gasteiger partial charge in [-0.2, -0.15) is 0 Å². The third kappa shape index (κ3) is 2.26. The van der Waals surface area contributed by atoms with Gasteiger partial charge in [0.05, 0.1) is 0 Å². The summed E-state index contributed by atoms with van der Waals surface area (Å²) in [5.74, 6) is 0. The lowest BCUT2D eigenvalue weighted by atomic mass is 10.2. The topological polar surface area (TPSA) is 29.1 Å². The Morgan fingerprint density at radius 1 is 1.30 bits per heavy atom. The summed E-state index contributed by atoms with van der Waals surface area (Å²) in [6.45, 7) is 0.659. The lowest BCUT2D eigenvalue weighted by molar-refractivity contribution is 0.591. The van der Waals surface area contributed by atoms with Crippen LogP contribution in [0.1, 0.15) is 5.56 Å². The maximum absolute atomic E-state index is 9.96. The highest BCUT2D eigenvalue weighted by atomic mass is 31.1. The van der Waals surface area contributed by atoms with Crippen molar-refractivity contribution in [2.45, 2.75) is 6.54 Å². The zero-order valence-electron chi connectivity index (χ0n) is 5.45. The lowest BCUT2D eigenvalue weighted by Crippen LogP contribution is -1.97. The van der Waals surface area contributed by atoms with Crippen LogP contribution in [-0.4, -0.2) is 0 Å². The van der Waals surface area contributed by atoms with Crippen LogP contribution in [0.25, 0.3) is 0 Å². The molecule has 0 unspecified atom stereocenters. The fraction of sp³-hybridized carbons (Fsp3) is 0.143. The Bertz CT molecular complexity index is 200. The summed E-state index contributed by atoms with van der Waals surface area (Å²) in [7, 11) is -0.0101. The molecule has 0 atom stereocenters. The lowest BCUT2D eigenvalue weighted by Gasteiger charge is -1.94. The molecule has 0 radical (unpaired) electrons. The molecule has 52 valence electrons. The summed E-state index contributed by atoms with van der Waals surface area (Å²) >= 11 is 0. The van der Waals surface area contributed by atoms with Crippen LogP contribution in [0.5, 0.6) is 0 Å². The molecule has 0 aliphatic carbocycles. The first-order chi connectivity index (χ1) is 4.93. The molecule has 1 aromatic rings. The zero-order chi connectivity index (χ0) is 7.23. The molecule has 0 aliphatic heterocycles. The van der Waals surface area contributed by atoms with Gasteiger partial charge in [0.2, 0.25) is 8.61 Å². The zero-order valence-corrected chi connectivity index (χ0v) is 6.34. The van der Waals surface area contributed by atoms with Crippen molar-refractivity contribution in [2.24, 2.45) is 0 Å². The van der Waals surface area contributed by atoms with Gasteiger partial charge in [0, 0.05) is 6.54 Å². The Morgan fingerprint density at radius 3 is 2.60 bits per heavy atom. The molecule has 2 nitrogen and oxygen atoms in total. The number of rotatable bonds is 3. The summed E-state index contributed by atoms with van der Waals surface area (Å²) in [5, 5.41) is 2.68. The molecule has 1 N–H and O–H groups in total. The van der Waals surface area contributed by atoms with Crippen LogP contribution in [0.3, 0.4) is 0 Å². The van der Waals surface area contributed by atoms with Crippen molar-refractivity contribution in [3.05, 3.63) is 35.9 Å². The second-order valence-corrected chi connectivity index (χ2v) is 2.41. The first kappa shape index (κ1) is 7.39. The van der Waals surface area contributed by atoms with Gasteiger partial charge in [-0.05, 0) is 5.56 Å². The van der Waals surface area contributed by atoms with E-state index >= 15 is 0 Å². The largest absolute Gasteiger partial charge is 0.256 e. The molecule has 0 aliphatic rings. The maximum atomic E-state index is 9.96. The third-order valence-corrected chi connectivity index (χ3v) is 1.48. The Balaban J connectivity index is 2.50.